The molecule has 0 bridgehead atoms. The standard InChI is InChI=1S/C12H13F2N3/c1-7-3-11(17(2)16-7)12(15)8-4-9(13)6-10(14)5-8/h3-6,12H,15H2,1-2H3. The second-order valence-corrected chi connectivity index (χ2v) is 4.01. The van der Waals surface area contributed by atoms with E-state index in [2.05, 4.69) is 5.10 Å². The van der Waals surface area contributed by atoms with Crippen molar-refractivity contribution in [1.82, 2.24) is 9.78 Å². The lowest BCUT2D eigenvalue weighted by molar-refractivity contribution is 0.574. The first kappa shape index (κ1) is 11.7. The monoisotopic (exact) mass is 237 g/mol. The van der Waals surface area contributed by atoms with Gasteiger partial charge < -0.3 is 5.73 Å². The number of rotatable bonds is 2. The van der Waals surface area contributed by atoms with E-state index in [0.717, 1.165) is 11.8 Å². The number of nitrogens with zero attached hydrogens (tertiary/aromatic N) is 2. The summed E-state index contributed by atoms with van der Waals surface area (Å²) in [7, 11) is 1.75. The minimum absolute atomic E-state index is 0.394. The van der Waals surface area contributed by atoms with E-state index < -0.39 is 17.7 Å². The number of benzene rings is 1. The molecule has 0 aliphatic carbocycles. The van der Waals surface area contributed by atoms with E-state index in [1.165, 1.54) is 12.1 Å². The van der Waals surface area contributed by atoms with Crippen molar-refractivity contribution in [3.8, 4) is 0 Å². The van der Waals surface area contributed by atoms with Gasteiger partial charge in [0.05, 0.1) is 17.4 Å². The number of hydrogen-bond acceptors (Lipinski definition) is 2. The summed E-state index contributed by atoms with van der Waals surface area (Å²) in [6.07, 6.45) is 0. The van der Waals surface area contributed by atoms with Crippen LogP contribution in [0.2, 0.25) is 0 Å². The molecule has 0 spiro atoms. The molecule has 0 amide bonds. The van der Waals surface area contributed by atoms with Crippen molar-refractivity contribution in [3.63, 3.8) is 0 Å². The zero-order valence-corrected chi connectivity index (χ0v) is 9.61. The molecular weight excluding hydrogens is 224 g/mol. The lowest BCUT2D eigenvalue weighted by atomic mass is 10.0. The molecule has 0 aliphatic rings. The Bertz CT molecular complexity index is 528. The van der Waals surface area contributed by atoms with Gasteiger partial charge in [-0.15, -0.1) is 0 Å². The van der Waals surface area contributed by atoms with Crippen LogP contribution in [0.3, 0.4) is 0 Å². The van der Waals surface area contributed by atoms with Crippen LogP contribution in [-0.4, -0.2) is 9.78 Å². The first-order valence-corrected chi connectivity index (χ1v) is 5.19. The molecule has 2 N–H and O–H groups in total. The Morgan fingerprint density at radius 1 is 1.18 bits per heavy atom. The fraction of sp³-hybridized carbons (Fsp3) is 0.250. The zero-order valence-electron chi connectivity index (χ0n) is 9.61. The molecule has 2 rings (SSSR count). The van der Waals surface area contributed by atoms with E-state index in [0.29, 0.717) is 11.3 Å². The van der Waals surface area contributed by atoms with Crippen LogP contribution in [-0.2, 0) is 7.05 Å². The van der Waals surface area contributed by atoms with Crippen molar-refractivity contribution in [2.24, 2.45) is 12.8 Å². The summed E-state index contributed by atoms with van der Waals surface area (Å²) in [5.41, 5.74) is 7.90. The Balaban J connectivity index is 2.43. The van der Waals surface area contributed by atoms with Gasteiger partial charge in [-0.2, -0.15) is 5.10 Å². The summed E-state index contributed by atoms with van der Waals surface area (Å²) in [5.74, 6) is -1.26. The number of aryl methyl sites for hydroxylation is 2. The van der Waals surface area contributed by atoms with E-state index in [4.69, 9.17) is 5.73 Å². The van der Waals surface area contributed by atoms with Crippen LogP contribution in [0, 0.1) is 18.6 Å². The van der Waals surface area contributed by atoms with Crippen molar-refractivity contribution in [2.45, 2.75) is 13.0 Å². The number of halogens is 2. The van der Waals surface area contributed by atoms with Gasteiger partial charge in [0.15, 0.2) is 0 Å². The topological polar surface area (TPSA) is 43.8 Å². The number of aromatic nitrogens is 2. The fourth-order valence-electron chi connectivity index (χ4n) is 1.85. The maximum atomic E-state index is 13.1. The Labute approximate surface area is 97.9 Å². The Morgan fingerprint density at radius 3 is 2.24 bits per heavy atom. The lowest BCUT2D eigenvalue weighted by Gasteiger charge is -2.12. The predicted octanol–water partition coefficient (Wildman–Crippen LogP) is 2.05. The molecule has 1 atom stereocenters. The van der Waals surface area contributed by atoms with Crippen LogP contribution in [0.1, 0.15) is 23.0 Å². The molecule has 1 heterocycles. The van der Waals surface area contributed by atoms with Gasteiger partial charge in [0, 0.05) is 13.1 Å². The van der Waals surface area contributed by atoms with Gasteiger partial charge in [0.2, 0.25) is 0 Å². The third kappa shape index (κ3) is 2.34. The van der Waals surface area contributed by atoms with Gasteiger partial charge in [-0.3, -0.25) is 4.68 Å². The largest absolute Gasteiger partial charge is 0.319 e. The molecule has 3 nitrogen and oxygen atoms in total. The molecule has 2 aromatic rings. The average molecular weight is 237 g/mol. The lowest BCUT2D eigenvalue weighted by Crippen LogP contribution is -2.16. The molecule has 0 saturated heterocycles. The minimum atomic E-state index is -0.630. The van der Waals surface area contributed by atoms with Crippen LogP contribution < -0.4 is 5.73 Å². The van der Waals surface area contributed by atoms with Gasteiger partial charge in [-0.25, -0.2) is 8.78 Å². The highest BCUT2D eigenvalue weighted by atomic mass is 19.1. The molecule has 0 radical (unpaired) electrons. The number of nitrogens with two attached hydrogens (primary N) is 1. The van der Waals surface area contributed by atoms with Crippen LogP contribution in [0.15, 0.2) is 24.3 Å². The molecule has 1 aromatic heterocycles. The Morgan fingerprint density at radius 2 is 1.76 bits per heavy atom. The SMILES string of the molecule is Cc1cc(C(N)c2cc(F)cc(F)c2)n(C)n1. The van der Waals surface area contributed by atoms with Crippen LogP contribution in [0.4, 0.5) is 8.78 Å². The van der Waals surface area contributed by atoms with Crippen LogP contribution >= 0.6 is 0 Å². The quantitative estimate of drug-likeness (QED) is 0.868. The molecule has 0 aliphatic heterocycles. The van der Waals surface area contributed by atoms with Crippen molar-refractivity contribution in [1.29, 1.82) is 0 Å². The Hall–Kier alpha value is -1.75. The second kappa shape index (κ2) is 4.25. The van der Waals surface area contributed by atoms with Crippen LogP contribution in [0.5, 0.6) is 0 Å². The van der Waals surface area contributed by atoms with Crippen molar-refractivity contribution >= 4 is 0 Å². The normalized spacial score (nSPS) is 12.8. The molecule has 0 fully saturated rings. The van der Waals surface area contributed by atoms with Crippen molar-refractivity contribution < 1.29 is 8.78 Å². The summed E-state index contributed by atoms with van der Waals surface area (Å²) < 4.78 is 27.8. The van der Waals surface area contributed by atoms with E-state index in [1.807, 2.05) is 6.92 Å². The highest BCUT2D eigenvalue weighted by Gasteiger charge is 2.15. The molecule has 5 heteroatoms. The zero-order chi connectivity index (χ0) is 12.6. The summed E-state index contributed by atoms with van der Waals surface area (Å²) in [6.45, 7) is 1.84. The van der Waals surface area contributed by atoms with Crippen molar-refractivity contribution in [2.75, 3.05) is 0 Å². The third-order valence-corrected chi connectivity index (χ3v) is 2.60. The predicted molar refractivity (Wildman–Crippen MR) is 60.3 cm³/mol. The molecule has 90 valence electrons. The summed E-state index contributed by atoms with van der Waals surface area (Å²) in [5, 5.41) is 4.15. The van der Waals surface area contributed by atoms with Gasteiger partial charge in [-0.05, 0) is 30.7 Å². The molecule has 1 aromatic carbocycles. The minimum Gasteiger partial charge on any atom is -0.319 e. The van der Waals surface area contributed by atoms with Gasteiger partial charge in [0.25, 0.3) is 0 Å². The maximum Gasteiger partial charge on any atom is 0.126 e. The second-order valence-electron chi connectivity index (χ2n) is 4.01. The summed E-state index contributed by atoms with van der Waals surface area (Å²) >= 11 is 0. The molecular formula is C12H13F2N3. The smallest absolute Gasteiger partial charge is 0.126 e. The van der Waals surface area contributed by atoms with E-state index in [1.54, 1.807) is 17.8 Å². The van der Waals surface area contributed by atoms with E-state index >= 15 is 0 Å². The first-order valence-electron chi connectivity index (χ1n) is 5.19. The fourth-order valence-corrected chi connectivity index (χ4v) is 1.85. The van der Waals surface area contributed by atoms with E-state index in [-0.39, 0.29) is 0 Å². The first-order chi connectivity index (χ1) is 7.97. The van der Waals surface area contributed by atoms with Crippen molar-refractivity contribution in [3.05, 3.63) is 52.9 Å². The van der Waals surface area contributed by atoms with Crippen LogP contribution in [0.25, 0.3) is 0 Å². The molecule has 0 saturated carbocycles. The maximum absolute atomic E-state index is 13.1. The molecule has 17 heavy (non-hydrogen) atoms. The molecule has 1 unspecified atom stereocenters. The highest BCUT2D eigenvalue weighted by molar-refractivity contribution is 5.29. The highest BCUT2D eigenvalue weighted by Crippen LogP contribution is 2.21. The Kier molecular flexibility index (Phi) is 2.93. The van der Waals surface area contributed by atoms with Gasteiger partial charge >= 0.3 is 0 Å². The summed E-state index contributed by atoms with van der Waals surface area (Å²) in [6, 6.07) is 4.50. The van der Waals surface area contributed by atoms with E-state index in [9.17, 15) is 8.78 Å². The third-order valence-electron chi connectivity index (χ3n) is 2.60. The van der Waals surface area contributed by atoms with Gasteiger partial charge in [-0.1, -0.05) is 0 Å². The van der Waals surface area contributed by atoms with Gasteiger partial charge in [0.1, 0.15) is 11.6 Å². The average Bonchev–Trinajstić information content (AvgIpc) is 2.55. The number of hydrogen-bond donors (Lipinski definition) is 1. The summed E-state index contributed by atoms with van der Waals surface area (Å²) in [4.78, 5) is 0.